The molecular formula is C12H14N2O4. The molecule has 0 aliphatic carbocycles. The van der Waals surface area contributed by atoms with Crippen molar-refractivity contribution in [3.05, 3.63) is 23.9 Å². The smallest absolute Gasteiger partial charge is 0.335 e. The Balaban J connectivity index is 2.19. The summed E-state index contributed by atoms with van der Waals surface area (Å²) in [4.78, 5) is 19.9. The van der Waals surface area contributed by atoms with Crippen molar-refractivity contribution in [3.8, 4) is 5.88 Å². The SMILES string of the molecule is CCOC(=O)[C@@H]1N=CO[C@H]1c1cccc(OC)n1. The Morgan fingerprint density at radius 1 is 1.50 bits per heavy atom. The Bertz CT molecular complexity index is 461. The van der Waals surface area contributed by atoms with Gasteiger partial charge in [0.1, 0.15) is 0 Å². The van der Waals surface area contributed by atoms with Gasteiger partial charge >= 0.3 is 5.97 Å². The van der Waals surface area contributed by atoms with Crippen molar-refractivity contribution < 1.29 is 19.0 Å². The van der Waals surface area contributed by atoms with Crippen LogP contribution in [0, 0.1) is 0 Å². The molecule has 0 fully saturated rings. The molecule has 0 bridgehead atoms. The van der Waals surface area contributed by atoms with Gasteiger partial charge in [0.05, 0.1) is 19.4 Å². The lowest BCUT2D eigenvalue weighted by Gasteiger charge is -2.15. The normalized spacial score (nSPS) is 21.4. The summed E-state index contributed by atoms with van der Waals surface area (Å²) in [6, 6.07) is 4.56. The van der Waals surface area contributed by atoms with E-state index in [0.717, 1.165) is 0 Å². The van der Waals surface area contributed by atoms with E-state index >= 15 is 0 Å². The number of ether oxygens (including phenoxy) is 3. The largest absolute Gasteiger partial charge is 0.481 e. The minimum absolute atomic E-state index is 0.309. The highest BCUT2D eigenvalue weighted by Gasteiger charge is 2.36. The van der Waals surface area contributed by atoms with Gasteiger partial charge in [-0.15, -0.1) is 0 Å². The third-order valence-electron chi connectivity index (χ3n) is 2.49. The number of methoxy groups -OCH3 is 1. The lowest BCUT2D eigenvalue weighted by molar-refractivity contribution is -0.146. The van der Waals surface area contributed by atoms with Crippen molar-refractivity contribution in [2.24, 2.45) is 4.99 Å². The summed E-state index contributed by atoms with van der Waals surface area (Å²) in [6.07, 6.45) is 0.701. The van der Waals surface area contributed by atoms with E-state index in [1.165, 1.54) is 13.5 Å². The van der Waals surface area contributed by atoms with Crippen molar-refractivity contribution in [2.45, 2.75) is 19.1 Å². The Morgan fingerprint density at radius 2 is 2.33 bits per heavy atom. The summed E-state index contributed by atoms with van der Waals surface area (Å²) < 4.78 is 15.3. The fourth-order valence-corrected chi connectivity index (χ4v) is 1.67. The van der Waals surface area contributed by atoms with Gasteiger partial charge in [-0.05, 0) is 13.0 Å². The minimum Gasteiger partial charge on any atom is -0.481 e. The van der Waals surface area contributed by atoms with Crippen LogP contribution in [-0.2, 0) is 14.3 Å². The third kappa shape index (κ3) is 2.42. The summed E-state index contributed by atoms with van der Waals surface area (Å²) in [5.74, 6) is 0.0477. The third-order valence-corrected chi connectivity index (χ3v) is 2.49. The van der Waals surface area contributed by atoms with Crippen LogP contribution in [0.3, 0.4) is 0 Å². The van der Waals surface area contributed by atoms with Gasteiger partial charge in [-0.2, -0.15) is 0 Å². The molecular weight excluding hydrogens is 236 g/mol. The second-order valence-electron chi connectivity index (χ2n) is 3.61. The molecule has 0 unspecified atom stereocenters. The minimum atomic E-state index is -0.704. The molecule has 0 saturated carbocycles. The highest BCUT2D eigenvalue weighted by Crippen LogP contribution is 2.27. The molecule has 0 N–H and O–H groups in total. The number of nitrogens with zero attached hydrogens (tertiary/aromatic N) is 2. The zero-order chi connectivity index (χ0) is 13.0. The average molecular weight is 250 g/mol. The monoisotopic (exact) mass is 250 g/mol. The maximum atomic E-state index is 11.7. The summed E-state index contributed by atoms with van der Waals surface area (Å²) in [5.41, 5.74) is 0.588. The van der Waals surface area contributed by atoms with Gasteiger partial charge in [0.15, 0.2) is 18.5 Å². The Labute approximate surface area is 105 Å². The van der Waals surface area contributed by atoms with Crippen LogP contribution in [0.15, 0.2) is 23.2 Å². The van der Waals surface area contributed by atoms with Gasteiger partial charge in [0, 0.05) is 6.07 Å². The first kappa shape index (κ1) is 12.3. The molecule has 6 nitrogen and oxygen atoms in total. The molecule has 0 amide bonds. The van der Waals surface area contributed by atoms with Gasteiger partial charge in [-0.3, -0.25) is 0 Å². The number of aromatic nitrogens is 1. The standard InChI is InChI=1S/C12H14N2O4/c1-3-17-12(15)10-11(18-7-13-10)8-5-4-6-9(14-8)16-2/h4-7,10-11H,3H2,1-2H3/t10-,11+/m1/s1. The molecule has 18 heavy (non-hydrogen) atoms. The first-order valence-corrected chi connectivity index (χ1v) is 5.61. The summed E-state index contributed by atoms with van der Waals surface area (Å²) in [7, 11) is 1.53. The van der Waals surface area contributed by atoms with E-state index in [2.05, 4.69) is 9.98 Å². The molecule has 0 saturated heterocycles. The maximum Gasteiger partial charge on any atom is 0.335 e. The topological polar surface area (TPSA) is 70.0 Å². The van der Waals surface area contributed by atoms with E-state index in [1.807, 2.05) is 0 Å². The number of hydrogen-bond donors (Lipinski definition) is 0. The first-order valence-electron chi connectivity index (χ1n) is 5.61. The molecule has 1 aromatic rings. The molecule has 96 valence electrons. The molecule has 0 radical (unpaired) electrons. The molecule has 6 heteroatoms. The van der Waals surface area contributed by atoms with E-state index in [4.69, 9.17) is 14.2 Å². The van der Waals surface area contributed by atoms with Gasteiger partial charge in [0.2, 0.25) is 5.88 Å². The van der Waals surface area contributed by atoms with Gasteiger partial charge in [-0.1, -0.05) is 6.07 Å². The lowest BCUT2D eigenvalue weighted by atomic mass is 10.1. The fourth-order valence-electron chi connectivity index (χ4n) is 1.67. The van der Waals surface area contributed by atoms with Crippen LogP contribution in [0.25, 0.3) is 0 Å². The van der Waals surface area contributed by atoms with Gasteiger partial charge in [0.25, 0.3) is 0 Å². The maximum absolute atomic E-state index is 11.7. The molecule has 2 atom stereocenters. The van der Waals surface area contributed by atoms with Crippen LogP contribution in [0.5, 0.6) is 5.88 Å². The Hall–Kier alpha value is -2.11. The van der Waals surface area contributed by atoms with Crippen molar-refractivity contribution in [3.63, 3.8) is 0 Å². The zero-order valence-electron chi connectivity index (χ0n) is 10.2. The molecule has 0 spiro atoms. The van der Waals surface area contributed by atoms with Crippen molar-refractivity contribution in [1.82, 2.24) is 4.98 Å². The predicted octanol–water partition coefficient (Wildman–Crippen LogP) is 1.12. The Morgan fingerprint density at radius 3 is 3.06 bits per heavy atom. The van der Waals surface area contributed by atoms with Crippen LogP contribution < -0.4 is 4.74 Å². The molecule has 1 aliphatic rings. The first-order chi connectivity index (χ1) is 8.76. The van der Waals surface area contributed by atoms with Crippen LogP contribution >= 0.6 is 0 Å². The van der Waals surface area contributed by atoms with Crippen LogP contribution in [0.1, 0.15) is 18.7 Å². The van der Waals surface area contributed by atoms with Gasteiger partial charge in [-0.25, -0.2) is 14.8 Å². The molecule has 1 aromatic heterocycles. The van der Waals surface area contributed by atoms with Crippen molar-refractivity contribution in [1.29, 1.82) is 0 Å². The Kier molecular flexibility index (Phi) is 3.76. The highest BCUT2D eigenvalue weighted by molar-refractivity contribution is 5.80. The van der Waals surface area contributed by atoms with E-state index in [9.17, 15) is 4.79 Å². The highest BCUT2D eigenvalue weighted by atomic mass is 16.5. The second-order valence-corrected chi connectivity index (χ2v) is 3.61. The number of aliphatic imine (C=N–C) groups is 1. The van der Waals surface area contributed by atoms with Crippen LogP contribution in [-0.4, -0.2) is 37.1 Å². The molecule has 2 heterocycles. The van der Waals surface area contributed by atoms with E-state index in [0.29, 0.717) is 18.2 Å². The molecule has 2 rings (SSSR count). The van der Waals surface area contributed by atoms with E-state index in [1.54, 1.807) is 25.1 Å². The second kappa shape index (κ2) is 5.48. The number of rotatable bonds is 4. The summed E-state index contributed by atoms with van der Waals surface area (Å²) in [5, 5.41) is 0. The van der Waals surface area contributed by atoms with Crippen LogP contribution in [0.4, 0.5) is 0 Å². The summed E-state index contributed by atoms with van der Waals surface area (Å²) in [6.45, 7) is 2.05. The fraction of sp³-hybridized carbons (Fsp3) is 0.417. The molecule has 1 aliphatic heterocycles. The predicted molar refractivity (Wildman–Crippen MR) is 63.5 cm³/mol. The van der Waals surface area contributed by atoms with Crippen LogP contribution in [0.2, 0.25) is 0 Å². The number of pyridine rings is 1. The average Bonchev–Trinajstić information content (AvgIpc) is 2.88. The zero-order valence-corrected chi connectivity index (χ0v) is 10.2. The lowest BCUT2D eigenvalue weighted by Crippen LogP contribution is -2.26. The number of esters is 1. The van der Waals surface area contributed by atoms with E-state index in [-0.39, 0.29) is 0 Å². The number of carbonyl (C=O) groups excluding carboxylic acids is 1. The number of hydrogen-bond acceptors (Lipinski definition) is 6. The number of carbonyl (C=O) groups is 1. The van der Waals surface area contributed by atoms with E-state index < -0.39 is 18.1 Å². The van der Waals surface area contributed by atoms with Crippen molar-refractivity contribution >= 4 is 12.4 Å². The van der Waals surface area contributed by atoms with Crippen molar-refractivity contribution in [2.75, 3.05) is 13.7 Å². The molecule has 0 aromatic carbocycles. The summed E-state index contributed by atoms with van der Waals surface area (Å²) >= 11 is 0. The van der Waals surface area contributed by atoms with Gasteiger partial charge < -0.3 is 14.2 Å². The quantitative estimate of drug-likeness (QED) is 0.749.